The maximum Gasteiger partial charge on any atom is 0.202 e. The van der Waals surface area contributed by atoms with Gasteiger partial charge in [-0.05, 0) is 29.8 Å². The van der Waals surface area contributed by atoms with Gasteiger partial charge in [-0.1, -0.05) is 54.6 Å². The van der Waals surface area contributed by atoms with E-state index in [1.54, 1.807) is 0 Å². The molecule has 0 aliphatic carbocycles. The minimum atomic E-state index is -0.692. The topological polar surface area (TPSA) is 40.0 Å². The smallest absolute Gasteiger partial charge is 0.202 e. The van der Waals surface area contributed by atoms with Crippen molar-refractivity contribution in [2.24, 2.45) is 4.99 Å². The molecule has 2 heterocycles. The van der Waals surface area contributed by atoms with E-state index in [9.17, 15) is 0 Å². The van der Waals surface area contributed by atoms with E-state index < -0.39 is 5.79 Å². The van der Waals surface area contributed by atoms with Crippen LogP contribution in [0.3, 0.4) is 0 Å². The van der Waals surface area contributed by atoms with Gasteiger partial charge >= 0.3 is 0 Å². The van der Waals surface area contributed by atoms with Crippen LogP contribution in [-0.2, 0) is 15.3 Å². The molecule has 3 aromatic rings. The van der Waals surface area contributed by atoms with E-state index >= 15 is 0 Å². The summed E-state index contributed by atoms with van der Waals surface area (Å²) in [5.41, 5.74) is 3.16. The molecule has 4 nitrogen and oxygen atoms in total. The third-order valence-electron chi connectivity index (χ3n) is 5.55. The summed E-state index contributed by atoms with van der Waals surface area (Å²) in [6.07, 6.45) is 0.564. The molecule has 0 N–H and O–H groups in total. The molecule has 2 aliphatic heterocycles. The molecule has 0 radical (unpaired) electrons. The monoisotopic (exact) mass is 373 g/mol. The highest BCUT2D eigenvalue weighted by molar-refractivity contribution is 6.09. The molecule has 4 heteroatoms. The van der Waals surface area contributed by atoms with Crippen LogP contribution in [0, 0.1) is 0 Å². The molecule has 1 saturated heterocycles. The number of para-hydroxylation sites is 1. The third-order valence-corrected chi connectivity index (χ3v) is 5.55. The Kier molecular flexibility index (Phi) is 4.38. The number of nitrogens with zero attached hydrogens (tertiary/aromatic N) is 1. The van der Waals surface area contributed by atoms with E-state index in [1.807, 2.05) is 24.3 Å². The second-order valence-electron chi connectivity index (χ2n) is 7.34. The lowest BCUT2D eigenvalue weighted by Crippen LogP contribution is -2.40. The van der Waals surface area contributed by atoms with Gasteiger partial charge in [0.25, 0.3) is 0 Å². The Morgan fingerprint density at radius 1 is 0.964 bits per heavy atom. The standard InChI is InChI=1S/C24H23NO3/c1-17(20-10-6-8-18-7-2-3-9-21(18)20)25-16-19-15-24(26-13-14-27-24)22-11-4-5-12-23(22)28-19/h2-12,19H,13-16H2,1H3/b25-17+/t19-/m1/s1. The van der Waals surface area contributed by atoms with Gasteiger partial charge in [0.1, 0.15) is 11.9 Å². The van der Waals surface area contributed by atoms with Crippen molar-refractivity contribution >= 4 is 16.5 Å². The van der Waals surface area contributed by atoms with Crippen LogP contribution in [0.1, 0.15) is 24.5 Å². The fourth-order valence-corrected chi connectivity index (χ4v) is 4.21. The Bertz CT molecular complexity index is 1030. The van der Waals surface area contributed by atoms with Crippen LogP contribution in [0.25, 0.3) is 10.8 Å². The molecule has 1 fully saturated rings. The zero-order valence-electron chi connectivity index (χ0n) is 15.9. The fraction of sp³-hybridized carbons (Fsp3) is 0.292. The number of ether oxygens (including phenoxy) is 3. The van der Waals surface area contributed by atoms with Crippen LogP contribution in [0.15, 0.2) is 71.7 Å². The first-order valence-corrected chi connectivity index (χ1v) is 9.78. The molecule has 28 heavy (non-hydrogen) atoms. The van der Waals surface area contributed by atoms with Gasteiger partial charge in [0, 0.05) is 17.7 Å². The van der Waals surface area contributed by atoms with Crippen LogP contribution in [0.2, 0.25) is 0 Å². The highest BCUT2D eigenvalue weighted by Gasteiger charge is 2.46. The van der Waals surface area contributed by atoms with E-state index in [0.717, 1.165) is 22.6 Å². The third kappa shape index (κ3) is 2.99. The summed E-state index contributed by atoms with van der Waals surface area (Å²) in [5.74, 6) is 0.140. The van der Waals surface area contributed by atoms with Gasteiger partial charge in [0.15, 0.2) is 0 Å². The average Bonchev–Trinajstić information content (AvgIpc) is 3.20. The maximum atomic E-state index is 6.23. The zero-order chi connectivity index (χ0) is 19.0. The number of hydrogen-bond acceptors (Lipinski definition) is 4. The first-order chi connectivity index (χ1) is 13.8. The van der Waals surface area contributed by atoms with Crippen LogP contribution in [0.5, 0.6) is 5.75 Å². The van der Waals surface area contributed by atoms with E-state index in [1.165, 1.54) is 10.8 Å². The molecule has 0 amide bonds. The van der Waals surface area contributed by atoms with Crippen molar-refractivity contribution in [2.45, 2.75) is 25.2 Å². The van der Waals surface area contributed by atoms with Gasteiger partial charge in [-0.3, -0.25) is 4.99 Å². The first-order valence-electron chi connectivity index (χ1n) is 9.78. The fourth-order valence-electron chi connectivity index (χ4n) is 4.21. The highest BCUT2D eigenvalue weighted by atomic mass is 16.7. The summed E-state index contributed by atoms with van der Waals surface area (Å²) in [5, 5.41) is 2.45. The van der Waals surface area contributed by atoms with Crippen molar-refractivity contribution < 1.29 is 14.2 Å². The lowest BCUT2D eigenvalue weighted by atomic mass is 9.95. The maximum absolute atomic E-state index is 6.23. The molecule has 5 rings (SSSR count). The molecular formula is C24H23NO3. The Morgan fingerprint density at radius 3 is 2.61 bits per heavy atom. The number of hydrogen-bond donors (Lipinski definition) is 0. The summed E-state index contributed by atoms with van der Waals surface area (Å²) in [6, 6.07) is 22.7. The molecule has 0 aromatic heterocycles. The van der Waals surface area contributed by atoms with Gasteiger partial charge in [-0.15, -0.1) is 0 Å². The van der Waals surface area contributed by atoms with Gasteiger partial charge in [-0.2, -0.15) is 0 Å². The Morgan fingerprint density at radius 2 is 1.71 bits per heavy atom. The van der Waals surface area contributed by atoms with Crippen molar-refractivity contribution in [2.75, 3.05) is 19.8 Å². The molecule has 0 unspecified atom stereocenters. The summed E-state index contributed by atoms with van der Waals surface area (Å²) in [6.45, 7) is 3.85. The van der Waals surface area contributed by atoms with Crippen LogP contribution >= 0.6 is 0 Å². The summed E-state index contributed by atoms with van der Waals surface area (Å²) < 4.78 is 18.3. The Balaban J connectivity index is 1.42. The SMILES string of the molecule is C/C(=N\C[C@H]1CC2(OCCO2)c2ccccc2O1)c1cccc2ccccc12. The molecule has 0 saturated carbocycles. The van der Waals surface area contributed by atoms with Gasteiger partial charge in [0.05, 0.1) is 25.3 Å². The Labute approximate surface area is 164 Å². The highest BCUT2D eigenvalue weighted by Crippen LogP contribution is 2.45. The quantitative estimate of drug-likeness (QED) is 0.625. The molecule has 3 aromatic carbocycles. The lowest BCUT2D eigenvalue weighted by Gasteiger charge is -2.37. The van der Waals surface area contributed by atoms with Gasteiger partial charge in [-0.25, -0.2) is 0 Å². The van der Waals surface area contributed by atoms with Crippen molar-refractivity contribution in [1.29, 1.82) is 0 Å². The number of benzene rings is 3. The summed E-state index contributed by atoms with van der Waals surface area (Å²) >= 11 is 0. The number of rotatable bonds is 3. The van der Waals surface area contributed by atoms with Crippen LogP contribution < -0.4 is 4.74 Å². The Hall–Kier alpha value is -2.69. The molecular weight excluding hydrogens is 350 g/mol. The van der Waals surface area contributed by atoms with E-state index in [4.69, 9.17) is 19.2 Å². The first kappa shape index (κ1) is 17.4. The van der Waals surface area contributed by atoms with Crippen LogP contribution in [0.4, 0.5) is 0 Å². The molecule has 1 spiro atoms. The second-order valence-corrected chi connectivity index (χ2v) is 7.34. The molecule has 0 bridgehead atoms. The minimum Gasteiger partial charge on any atom is -0.488 e. The molecule has 1 atom stereocenters. The van der Waals surface area contributed by atoms with Crippen molar-refractivity contribution in [3.05, 3.63) is 77.9 Å². The second kappa shape index (κ2) is 7.04. The van der Waals surface area contributed by atoms with Crippen LogP contribution in [-0.4, -0.2) is 31.6 Å². The summed E-state index contributed by atoms with van der Waals surface area (Å²) in [4.78, 5) is 4.88. The molecule has 142 valence electrons. The summed E-state index contributed by atoms with van der Waals surface area (Å²) in [7, 11) is 0. The zero-order valence-corrected chi connectivity index (χ0v) is 15.9. The predicted octanol–water partition coefficient (Wildman–Crippen LogP) is 4.70. The molecule has 2 aliphatic rings. The number of aliphatic imine (C=N–C) groups is 1. The predicted molar refractivity (Wildman–Crippen MR) is 110 cm³/mol. The van der Waals surface area contributed by atoms with Gasteiger partial charge in [0.2, 0.25) is 5.79 Å². The van der Waals surface area contributed by atoms with Crippen molar-refractivity contribution in [3.8, 4) is 5.75 Å². The average molecular weight is 373 g/mol. The van der Waals surface area contributed by atoms with Gasteiger partial charge < -0.3 is 14.2 Å². The van der Waals surface area contributed by atoms with Crippen molar-refractivity contribution in [3.63, 3.8) is 0 Å². The van der Waals surface area contributed by atoms with E-state index in [0.29, 0.717) is 26.2 Å². The lowest BCUT2D eigenvalue weighted by molar-refractivity contribution is -0.193. The minimum absolute atomic E-state index is 0.0853. The van der Waals surface area contributed by atoms with E-state index in [2.05, 4.69) is 49.4 Å². The van der Waals surface area contributed by atoms with Crippen molar-refractivity contribution in [1.82, 2.24) is 0 Å². The normalized spacial score (nSPS) is 20.9. The largest absolute Gasteiger partial charge is 0.488 e. The van der Waals surface area contributed by atoms with E-state index in [-0.39, 0.29) is 6.10 Å². The number of fused-ring (bicyclic) bond motifs is 3.